The number of aromatic nitrogens is 2. The molecule has 0 radical (unpaired) electrons. The van der Waals surface area contributed by atoms with Crippen LogP contribution in [0, 0.1) is 12.8 Å². The summed E-state index contributed by atoms with van der Waals surface area (Å²) in [6, 6.07) is 0.803. The molecule has 0 bridgehead atoms. The zero-order valence-electron chi connectivity index (χ0n) is 11.8. The van der Waals surface area contributed by atoms with Crippen LogP contribution < -0.4 is 5.32 Å². The van der Waals surface area contributed by atoms with E-state index >= 15 is 0 Å². The third-order valence-corrected chi connectivity index (χ3v) is 5.29. The van der Waals surface area contributed by atoms with Crippen molar-refractivity contribution >= 4 is 16.7 Å². The van der Waals surface area contributed by atoms with Crippen LogP contribution in [0.2, 0.25) is 0 Å². The van der Waals surface area contributed by atoms with E-state index in [9.17, 15) is 0 Å². The first-order valence-electron chi connectivity index (χ1n) is 7.61. The van der Waals surface area contributed by atoms with Crippen molar-refractivity contribution in [2.45, 2.75) is 51.5 Å². The molecule has 19 heavy (non-hydrogen) atoms. The Labute approximate surface area is 119 Å². The highest BCUT2D eigenvalue weighted by Gasteiger charge is 2.31. The van der Waals surface area contributed by atoms with E-state index < -0.39 is 0 Å². The maximum Gasteiger partial charge on any atom is 0.202 e. The number of anilines is 1. The van der Waals surface area contributed by atoms with E-state index in [1.165, 1.54) is 63.1 Å². The molecule has 4 nitrogen and oxygen atoms in total. The number of nitrogens with one attached hydrogen (secondary N) is 1. The molecule has 1 aliphatic heterocycles. The van der Waals surface area contributed by atoms with Gasteiger partial charge in [-0.2, -0.15) is 4.37 Å². The molecule has 2 atom stereocenters. The molecule has 2 aliphatic rings. The van der Waals surface area contributed by atoms with Gasteiger partial charge < -0.3 is 10.2 Å². The Bertz CT molecular complexity index is 400. The van der Waals surface area contributed by atoms with Gasteiger partial charge in [0.1, 0.15) is 5.82 Å². The molecule has 0 aromatic carbocycles. The first kappa shape index (κ1) is 13.3. The lowest BCUT2D eigenvalue weighted by atomic mass is 9.83. The fraction of sp³-hybridized carbons (Fsp3) is 0.857. The quantitative estimate of drug-likeness (QED) is 0.920. The van der Waals surface area contributed by atoms with Crippen molar-refractivity contribution in [1.82, 2.24) is 14.3 Å². The molecule has 106 valence electrons. The van der Waals surface area contributed by atoms with E-state index in [-0.39, 0.29) is 0 Å². The summed E-state index contributed by atoms with van der Waals surface area (Å²) < 4.78 is 4.23. The number of hydrogen-bond donors (Lipinski definition) is 1. The molecule has 5 heteroatoms. The molecule has 1 aromatic rings. The zero-order chi connectivity index (χ0) is 13.1. The van der Waals surface area contributed by atoms with E-state index in [0.29, 0.717) is 0 Å². The van der Waals surface area contributed by atoms with Gasteiger partial charge in [-0.25, -0.2) is 4.98 Å². The Balaban J connectivity index is 1.57. The Morgan fingerprint density at radius 1 is 1.21 bits per heavy atom. The van der Waals surface area contributed by atoms with E-state index in [2.05, 4.69) is 19.6 Å². The lowest BCUT2D eigenvalue weighted by Crippen LogP contribution is -2.43. The highest BCUT2D eigenvalue weighted by Crippen LogP contribution is 2.31. The lowest BCUT2D eigenvalue weighted by Gasteiger charge is -2.38. The van der Waals surface area contributed by atoms with Gasteiger partial charge in [0.25, 0.3) is 0 Å². The molecule has 0 spiro atoms. The summed E-state index contributed by atoms with van der Waals surface area (Å²) in [5.41, 5.74) is 0. The van der Waals surface area contributed by atoms with Crippen LogP contribution in [0.1, 0.15) is 44.3 Å². The SMILES string of the molecule is Cc1nsc(NCC2CCCCC2N2CCCC2)n1. The van der Waals surface area contributed by atoms with E-state index in [0.717, 1.165) is 29.5 Å². The van der Waals surface area contributed by atoms with Gasteiger partial charge in [-0.15, -0.1) is 0 Å². The second-order valence-electron chi connectivity index (χ2n) is 5.88. The monoisotopic (exact) mass is 280 g/mol. The Morgan fingerprint density at radius 3 is 2.74 bits per heavy atom. The Morgan fingerprint density at radius 2 is 2.00 bits per heavy atom. The molecule has 1 aliphatic carbocycles. The van der Waals surface area contributed by atoms with Crippen molar-refractivity contribution in [2.75, 3.05) is 25.0 Å². The highest BCUT2D eigenvalue weighted by molar-refractivity contribution is 7.09. The van der Waals surface area contributed by atoms with Crippen molar-refractivity contribution in [1.29, 1.82) is 0 Å². The molecule has 2 heterocycles. The minimum Gasteiger partial charge on any atom is -0.360 e. The molecule has 0 amide bonds. The summed E-state index contributed by atoms with van der Waals surface area (Å²) in [5.74, 6) is 1.67. The van der Waals surface area contributed by atoms with Crippen LogP contribution in [0.15, 0.2) is 0 Å². The van der Waals surface area contributed by atoms with Crippen LogP contribution in [0.25, 0.3) is 0 Å². The molecule has 2 unspecified atom stereocenters. The number of rotatable bonds is 4. The molecule has 3 rings (SSSR count). The predicted molar refractivity (Wildman–Crippen MR) is 79.7 cm³/mol. The third-order valence-electron chi connectivity index (χ3n) is 4.52. The normalized spacial score (nSPS) is 28.7. The molecule has 1 aromatic heterocycles. The van der Waals surface area contributed by atoms with Crippen LogP contribution in [0.4, 0.5) is 5.13 Å². The molecule has 1 saturated heterocycles. The summed E-state index contributed by atoms with van der Waals surface area (Å²) >= 11 is 1.49. The maximum absolute atomic E-state index is 4.40. The van der Waals surface area contributed by atoms with Gasteiger partial charge in [-0.1, -0.05) is 12.8 Å². The average molecular weight is 280 g/mol. The van der Waals surface area contributed by atoms with Gasteiger partial charge in [0, 0.05) is 24.1 Å². The topological polar surface area (TPSA) is 41.1 Å². The van der Waals surface area contributed by atoms with Gasteiger partial charge in [-0.3, -0.25) is 0 Å². The standard InChI is InChI=1S/C14H24N4S/c1-11-16-14(19-17-11)15-10-12-6-2-3-7-13(12)18-8-4-5-9-18/h12-13H,2-10H2,1H3,(H,15,16,17). The minimum atomic E-state index is 0.788. The van der Waals surface area contributed by atoms with Crippen LogP contribution >= 0.6 is 11.5 Å². The van der Waals surface area contributed by atoms with Crippen LogP contribution in [0.5, 0.6) is 0 Å². The van der Waals surface area contributed by atoms with Crippen molar-refractivity contribution < 1.29 is 0 Å². The lowest BCUT2D eigenvalue weighted by molar-refractivity contribution is 0.135. The van der Waals surface area contributed by atoms with Gasteiger partial charge >= 0.3 is 0 Å². The number of likely N-dealkylation sites (tertiary alicyclic amines) is 1. The van der Waals surface area contributed by atoms with Crippen molar-refractivity contribution in [2.24, 2.45) is 5.92 Å². The highest BCUT2D eigenvalue weighted by atomic mass is 32.1. The average Bonchev–Trinajstić information content (AvgIpc) is 3.08. The summed E-state index contributed by atoms with van der Waals surface area (Å²) in [7, 11) is 0. The number of nitrogens with zero attached hydrogens (tertiary/aromatic N) is 3. The van der Waals surface area contributed by atoms with Gasteiger partial charge in [0.05, 0.1) is 0 Å². The Kier molecular flexibility index (Phi) is 4.33. The second-order valence-corrected chi connectivity index (χ2v) is 6.63. The molecule has 1 saturated carbocycles. The number of aryl methyl sites for hydroxylation is 1. The zero-order valence-corrected chi connectivity index (χ0v) is 12.6. The van der Waals surface area contributed by atoms with Crippen molar-refractivity contribution in [3.8, 4) is 0 Å². The van der Waals surface area contributed by atoms with E-state index in [1.807, 2.05) is 6.92 Å². The van der Waals surface area contributed by atoms with E-state index in [4.69, 9.17) is 0 Å². The van der Waals surface area contributed by atoms with Crippen LogP contribution in [-0.4, -0.2) is 39.9 Å². The van der Waals surface area contributed by atoms with Crippen molar-refractivity contribution in [3.05, 3.63) is 5.82 Å². The molecule has 2 fully saturated rings. The smallest absolute Gasteiger partial charge is 0.202 e. The van der Waals surface area contributed by atoms with E-state index in [1.54, 1.807) is 0 Å². The second kappa shape index (κ2) is 6.18. The summed E-state index contributed by atoms with van der Waals surface area (Å²) in [4.78, 5) is 7.13. The molecular formula is C14H24N4S. The third kappa shape index (κ3) is 3.26. The van der Waals surface area contributed by atoms with Gasteiger partial charge in [0.2, 0.25) is 5.13 Å². The first-order valence-corrected chi connectivity index (χ1v) is 8.38. The fourth-order valence-corrected chi connectivity index (χ4v) is 4.15. The van der Waals surface area contributed by atoms with Crippen molar-refractivity contribution in [3.63, 3.8) is 0 Å². The summed E-state index contributed by atoms with van der Waals surface area (Å²) in [6.07, 6.45) is 8.35. The minimum absolute atomic E-state index is 0.788. The van der Waals surface area contributed by atoms with Crippen LogP contribution in [0.3, 0.4) is 0 Å². The molecular weight excluding hydrogens is 256 g/mol. The summed E-state index contributed by atoms with van der Waals surface area (Å²) in [5, 5.41) is 4.50. The first-order chi connectivity index (χ1) is 9.33. The van der Waals surface area contributed by atoms with Gasteiger partial charge in [0.15, 0.2) is 0 Å². The maximum atomic E-state index is 4.40. The largest absolute Gasteiger partial charge is 0.360 e. The predicted octanol–water partition coefficient (Wildman–Crippen LogP) is 2.91. The molecule has 1 N–H and O–H groups in total. The summed E-state index contributed by atoms with van der Waals surface area (Å²) in [6.45, 7) is 5.66. The van der Waals surface area contributed by atoms with Crippen LogP contribution in [-0.2, 0) is 0 Å². The number of hydrogen-bond acceptors (Lipinski definition) is 5. The van der Waals surface area contributed by atoms with Gasteiger partial charge in [-0.05, 0) is 51.6 Å². The fourth-order valence-electron chi connectivity index (χ4n) is 3.57. The Hall–Kier alpha value is -0.680.